The molecule has 2 rings (SSSR count). The lowest BCUT2D eigenvalue weighted by Crippen LogP contribution is -2.23. The van der Waals surface area contributed by atoms with Crippen molar-refractivity contribution in [1.29, 1.82) is 0 Å². The minimum atomic E-state index is -0.450. The molecule has 0 radical (unpaired) electrons. The Hall–Kier alpha value is -2.60. The standard InChI is InChI=1S/C18H21FN2O3/c1-12-4-3-5-13(2)18(12)21-17(23)11-20-15-7-6-14(19)10-16(15)24-9-8-22/h3-7,10,20,22H,8-9,11H2,1-2H3,(H,21,23). The van der Waals surface area contributed by atoms with Crippen LogP contribution < -0.4 is 15.4 Å². The third-order valence-corrected chi connectivity index (χ3v) is 3.48. The second kappa shape index (κ2) is 8.31. The first kappa shape index (κ1) is 17.7. The number of halogens is 1. The Morgan fingerprint density at radius 2 is 1.92 bits per heavy atom. The average molecular weight is 332 g/mol. The van der Waals surface area contributed by atoms with Crippen molar-refractivity contribution in [1.82, 2.24) is 0 Å². The fourth-order valence-corrected chi connectivity index (χ4v) is 2.29. The summed E-state index contributed by atoms with van der Waals surface area (Å²) in [5.41, 5.74) is 3.25. The summed E-state index contributed by atoms with van der Waals surface area (Å²) in [7, 11) is 0. The van der Waals surface area contributed by atoms with Gasteiger partial charge in [-0.2, -0.15) is 0 Å². The van der Waals surface area contributed by atoms with E-state index in [-0.39, 0.29) is 31.4 Å². The van der Waals surface area contributed by atoms with Gasteiger partial charge in [-0.25, -0.2) is 4.39 Å². The van der Waals surface area contributed by atoms with Crippen molar-refractivity contribution in [2.75, 3.05) is 30.4 Å². The van der Waals surface area contributed by atoms with Crippen molar-refractivity contribution < 1.29 is 19.0 Å². The van der Waals surface area contributed by atoms with Gasteiger partial charge in [-0.3, -0.25) is 4.79 Å². The zero-order valence-electron chi connectivity index (χ0n) is 13.7. The van der Waals surface area contributed by atoms with Gasteiger partial charge >= 0.3 is 0 Å². The number of carbonyl (C=O) groups excluding carboxylic acids is 1. The molecule has 3 N–H and O–H groups in total. The lowest BCUT2D eigenvalue weighted by molar-refractivity contribution is -0.114. The van der Waals surface area contributed by atoms with Crippen LogP contribution in [0.1, 0.15) is 11.1 Å². The molecule has 24 heavy (non-hydrogen) atoms. The fourth-order valence-electron chi connectivity index (χ4n) is 2.29. The highest BCUT2D eigenvalue weighted by Gasteiger charge is 2.10. The largest absolute Gasteiger partial charge is 0.489 e. The van der Waals surface area contributed by atoms with Crippen molar-refractivity contribution >= 4 is 17.3 Å². The molecule has 2 aromatic rings. The number of aliphatic hydroxyl groups is 1. The van der Waals surface area contributed by atoms with Gasteiger partial charge in [-0.1, -0.05) is 18.2 Å². The monoisotopic (exact) mass is 332 g/mol. The number of nitrogens with one attached hydrogen (secondary N) is 2. The number of aryl methyl sites for hydroxylation is 2. The second-order valence-corrected chi connectivity index (χ2v) is 5.38. The number of hydrogen-bond acceptors (Lipinski definition) is 4. The third kappa shape index (κ3) is 4.70. The molecule has 0 heterocycles. The number of rotatable bonds is 7. The number of benzene rings is 2. The zero-order valence-corrected chi connectivity index (χ0v) is 13.7. The molecule has 0 saturated heterocycles. The Morgan fingerprint density at radius 3 is 2.58 bits per heavy atom. The van der Waals surface area contributed by atoms with Crippen LogP contribution in [-0.2, 0) is 4.79 Å². The maximum absolute atomic E-state index is 13.3. The van der Waals surface area contributed by atoms with Crippen LogP contribution in [0, 0.1) is 19.7 Å². The lowest BCUT2D eigenvalue weighted by atomic mass is 10.1. The molecule has 0 saturated carbocycles. The summed E-state index contributed by atoms with van der Waals surface area (Å²) in [5.74, 6) is -0.415. The first-order valence-corrected chi connectivity index (χ1v) is 7.64. The number of hydrogen-bond donors (Lipinski definition) is 3. The Labute approximate surface area is 140 Å². The van der Waals surface area contributed by atoms with Gasteiger partial charge in [0.15, 0.2) is 0 Å². The van der Waals surface area contributed by atoms with Crippen LogP contribution in [0.25, 0.3) is 0 Å². The molecule has 0 bridgehead atoms. The molecule has 5 nitrogen and oxygen atoms in total. The van der Waals surface area contributed by atoms with Crippen LogP contribution in [0.5, 0.6) is 5.75 Å². The van der Waals surface area contributed by atoms with E-state index >= 15 is 0 Å². The highest BCUT2D eigenvalue weighted by atomic mass is 19.1. The van der Waals surface area contributed by atoms with Crippen LogP contribution in [-0.4, -0.2) is 30.8 Å². The minimum Gasteiger partial charge on any atom is -0.489 e. The molecule has 128 valence electrons. The molecule has 6 heteroatoms. The lowest BCUT2D eigenvalue weighted by Gasteiger charge is -2.14. The van der Waals surface area contributed by atoms with Crippen LogP contribution >= 0.6 is 0 Å². The zero-order chi connectivity index (χ0) is 17.5. The van der Waals surface area contributed by atoms with Crippen LogP contribution in [0.3, 0.4) is 0 Å². The summed E-state index contributed by atoms with van der Waals surface area (Å²) in [5, 5.41) is 14.6. The summed E-state index contributed by atoms with van der Waals surface area (Å²) < 4.78 is 18.6. The maximum atomic E-state index is 13.3. The molecule has 0 atom stereocenters. The average Bonchev–Trinajstić information content (AvgIpc) is 2.55. The van der Waals surface area contributed by atoms with Crippen LogP contribution in [0.4, 0.5) is 15.8 Å². The molecular formula is C18H21FN2O3. The number of anilines is 2. The number of aliphatic hydroxyl groups excluding tert-OH is 1. The first-order valence-electron chi connectivity index (χ1n) is 7.64. The third-order valence-electron chi connectivity index (χ3n) is 3.48. The van der Waals surface area contributed by atoms with E-state index in [0.717, 1.165) is 16.8 Å². The molecular weight excluding hydrogens is 311 g/mol. The Bertz CT molecular complexity index is 699. The molecule has 0 spiro atoms. The van der Waals surface area contributed by atoms with E-state index in [1.54, 1.807) is 0 Å². The van der Waals surface area contributed by atoms with Crippen molar-refractivity contribution in [2.24, 2.45) is 0 Å². The van der Waals surface area contributed by atoms with Gasteiger partial charge < -0.3 is 20.5 Å². The minimum absolute atomic E-state index is 0.00882. The molecule has 1 amide bonds. The van der Waals surface area contributed by atoms with Crippen LogP contribution in [0.2, 0.25) is 0 Å². The molecule has 0 aromatic heterocycles. The molecule has 0 unspecified atom stereocenters. The number of carbonyl (C=O) groups is 1. The smallest absolute Gasteiger partial charge is 0.243 e. The first-order chi connectivity index (χ1) is 11.5. The van der Waals surface area contributed by atoms with E-state index < -0.39 is 5.82 Å². The van der Waals surface area contributed by atoms with Crippen molar-refractivity contribution in [3.8, 4) is 5.75 Å². The van der Waals surface area contributed by atoms with E-state index in [0.29, 0.717) is 5.69 Å². The van der Waals surface area contributed by atoms with Gasteiger partial charge in [-0.05, 0) is 37.1 Å². The summed E-state index contributed by atoms with van der Waals surface area (Å²) in [6.45, 7) is 3.73. The van der Waals surface area contributed by atoms with Crippen molar-refractivity contribution in [3.63, 3.8) is 0 Å². The summed E-state index contributed by atoms with van der Waals surface area (Å²) >= 11 is 0. The Morgan fingerprint density at radius 1 is 1.21 bits per heavy atom. The maximum Gasteiger partial charge on any atom is 0.243 e. The van der Waals surface area contributed by atoms with Gasteiger partial charge in [0.25, 0.3) is 0 Å². The Kier molecular flexibility index (Phi) is 6.14. The van der Waals surface area contributed by atoms with Gasteiger partial charge in [0.1, 0.15) is 18.2 Å². The molecule has 0 aliphatic heterocycles. The molecule has 0 fully saturated rings. The van der Waals surface area contributed by atoms with E-state index in [2.05, 4.69) is 10.6 Å². The summed E-state index contributed by atoms with van der Waals surface area (Å²) in [6.07, 6.45) is 0. The molecule has 0 aliphatic rings. The van der Waals surface area contributed by atoms with Crippen molar-refractivity contribution in [2.45, 2.75) is 13.8 Å². The van der Waals surface area contributed by atoms with E-state index in [9.17, 15) is 9.18 Å². The number of ether oxygens (including phenoxy) is 1. The predicted molar refractivity (Wildman–Crippen MR) is 92.0 cm³/mol. The normalized spacial score (nSPS) is 10.3. The second-order valence-electron chi connectivity index (χ2n) is 5.38. The quantitative estimate of drug-likeness (QED) is 0.729. The summed E-state index contributed by atoms with van der Waals surface area (Å²) in [4.78, 5) is 12.2. The van der Waals surface area contributed by atoms with E-state index in [1.807, 2.05) is 32.0 Å². The highest BCUT2D eigenvalue weighted by Crippen LogP contribution is 2.25. The van der Waals surface area contributed by atoms with Crippen LogP contribution in [0.15, 0.2) is 36.4 Å². The van der Waals surface area contributed by atoms with Gasteiger partial charge in [-0.15, -0.1) is 0 Å². The number of amides is 1. The van der Waals surface area contributed by atoms with Gasteiger partial charge in [0, 0.05) is 11.8 Å². The molecule has 0 aliphatic carbocycles. The fraction of sp³-hybridized carbons (Fsp3) is 0.278. The number of para-hydroxylation sites is 1. The summed E-state index contributed by atoms with van der Waals surface area (Å²) in [6, 6.07) is 9.77. The van der Waals surface area contributed by atoms with Crippen molar-refractivity contribution in [3.05, 3.63) is 53.3 Å². The van der Waals surface area contributed by atoms with Gasteiger partial charge in [0.2, 0.25) is 5.91 Å². The Balaban J connectivity index is 2.01. The van der Waals surface area contributed by atoms with Gasteiger partial charge in [0.05, 0.1) is 18.8 Å². The van der Waals surface area contributed by atoms with E-state index in [1.165, 1.54) is 18.2 Å². The molecule has 2 aromatic carbocycles. The highest BCUT2D eigenvalue weighted by molar-refractivity contribution is 5.95. The predicted octanol–water partition coefficient (Wildman–Crippen LogP) is 2.86. The SMILES string of the molecule is Cc1cccc(C)c1NC(=O)CNc1ccc(F)cc1OCCO. The topological polar surface area (TPSA) is 70.6 Å². The van der Waals surface area contributed by atoms with E-state index in [4.69, 9.17) is 9.84 Å².